The summed E-state index contributed by atoms with van der Waals surface area (Å²) in [6, 6.07) is 27.7. The minimum Gasteiger partial charge on any atom is -0.477 e. The van der Waals surface area contributed by atoms with Crippen molar-refractivity contribution in [3.05, 3.63) is 94.4 Å². The molecule has 0 unspecified atom stereocenters. The number of fused-ring (bicyclic) bond motifs is 5. The summed E-state index contributed by atoms with van der Waals surface area (Å²) < 4.78 is 2.43. The van der Waals surface area contributed by atoms with Gasteiger partial charge < -0.3 is 9.67 Å². The van der Waals surface area contributed by atoms with Crippen LogP contribution >= 0.6 is 11.3 Å². The van der Waals surface area contributed by atoms with Crippen LogP contribution in [0.4, 0.5) is 0 Å². The van der Waals surface area contributed by atoms with E-state index < -0.39 is 5.97 Å². The first kappa shape index (κ1) is 22.3. The van der Waals surface area contributed by atoms with Gasteiger partial charge in [-0.2, -0.15) is 5.26 Å². The van der Waals surface area contributed by atoms with Crippen LogP contribution in [0.3, 0.4) is 0 Å². The van der Waals surface area contributed by atoms with Crippen LogP contribution in [0.15, 0.2) is 78.4 Å². The molecule has 0 spiro atoms. The maximum absolute atomic E-state index is 11.2. The van der Waals surface area contributed by atoms with Gasteiger partial charge in [-0.25, -0.2) is 4.79 Å². The molecule has 5 aromatic rings. The molecule has 1 aliphatic heterocycles. The predicted molar refractivity (Wildman–Crippen MR) is 147 cm³/mol. The number of aromatic nitrogens is 1. The molecule has 0 radical (unpaired) electrons. The second-order valence-corrected chi connectivity index (χ2v) is 10.4. The van der Waals surface area contributed by atoms with Gasteiger partial charge in [-0.05, 0) is 65.9 Å². The quantitative estimate of drug-likeness (QED) is 0.202. The van der Waals surface area contributed by atoms with Gasteiger partial charge in [0.15, 0.2) is 0 Å². The number of rotatable bonds is 5. The zero-order chi connectivity index (χ0) is 25.0. The Bertz CT molecular complexity index is 1760. The fourth-order valence-corrected chi connectivity index (χ4v) is 6.91. The van der Waals surface area contributed by atoms with E-state index in [2.05, 4.69) is 79.1 Å². The van der Waals surface area contributed by atoms with Gasteiger partial charge in [0.05, 0.1) is 16.7 Å². The molecule has 2 aromatic heterocycles. The molecule has 3 heterocycles. The lowest BCUT2D eigenvalue weighted by molar-refractivity contribution is -0.132. The molecule has 4 nitrogen and oxygen atoms in total. The Hall–Kier alpha value is -4.14. The van der Waals surface area contributed by atoms with Gasteiger partial charge in [-0.1, -0.05) is 56.3 Å². The van der Waals surface area contributed by atoms with E-state index in [1.54, 1.807) is 6.07 Å². The van der Waals surface area contributed by atoms with Gasteiger partial charge in [0.1, 0.15) is 11.6 Å². The summed E-state index contributed by atoms with van der Waals surface area (Å²) in [7, 11) is 0. The minimum absolute atomic E-state index is 0.0130. The molecule has 3 aromatic carbocycles. The number of carbonyl (C=O) groups is 1. The van der Waals surface area contributed by atoms with E-state index in [1.807, 2.05) is 12.1 Å². The van der Waals surface area contributed by atoms with Crippen molar-refractivity contribution in [2.75, 3.05) is 0 Å². The molecule has 0 saturated heterocycles. The van der Waals surface area contributed by atoms with Crippen LogP contribution in [0.2, 0.25) is 0 Å². The molecule has 0 atom stereocenters. The first-order valence-corrected chi connectivity index (χ1v) is 13.0. The molecular weight excluding hydrogens is 464 g/mol. The third-order valence-electron chi connectivity index (χ3n) is 7.72. The first-order valence-electron chi connectivity index (χ1n) is 12.1. The number of aliphatic carboxylic acids is 1. The summed E-state index contributed by atoms with van der Waals surface area (Å²) >= 11 is 1.49. The highest BCUT2D eigenvalue weighted by molar-refractivity contribution is 7.16. The number of thiophene rings is 1. The maximum Gasteiger partial charge on any atom is 0.346 e. The molecule has 1 aliphatic rings. The standard InChI is InChI=1S/C31H24N2O2S/c1-3-31(4-2)24-9-5-6-11-27(24)33-26-14-12-19(17-23(26)22-8-7-10-25(31)29(22)33)28-15-13-21(36-28)16-20(18-32)30(34)35/h5-17H,3-4H2,1-2H3,(H,34,35)/b20-16-. The highest BCUT2D eigenvalue weighted by atomic mass is 32.1. The Morgan fingerprint density at radius 1 is 1.00 bits per heavy atom. The largest absolute Gasteiger partial charge is 0.477 e. The Morgan fingerprint density at radius 2 is 1.78 bits per heavy atom. The minimum atomic E-state index is -1.21. The third-order valence-corrected chi connectivity index (χ3v) is 8.80. The number of nitrogens with zero attached hydrogens (tertiary/aromatic N) is 2. The van der Waals surface area contributed by atoms with Crippen LogP contribution in [0.5, 0.6) is 0 Å². The first-order chi connectivity index (χ1) is 17.5. The van der Waals surface area contributed by atoms with E-state index >= 15 is 0 Å². The molecule has 0 amide bonds. The van der Waals surface area contributed by atoms with Crippen molar-refractivity contribution in [1.29, 1.82) is 5.26 Å². The molecule has 0 fully saturated rings. The number of nitriles is 1. The van der Waals surface area contributed by atoms with Crippen molar-refractivity contribution < 1.29 is 9.90 Å². The van der Waals surface area contributed by atoms with E-state index in [-0.39, 0.29) is 11.0 Å². The van der Waals surface area contributed by atoms with Crippen molar-refractivity contribution in [2.24, 2.45) is 0 Å². The Labute approximate surface area is 213 Å². The molecule has 176 valence electrons. The van der Waals surface area contributed by atoms with Crippen molar-refractivity contribution in [1.82, 2.24) is 4.57 Å². The van der Waals surface area contributed by atoms with Crippen molar-refractivity contribution in [3.63, 3.8) is 0 Å². The smallest absolute Gasteiger partial charge is 0.346 e. The van der Waals surface area contributed by atoms with Gasteiger partial charge in [-0.3, -0.25) is 0 Å². The topological polar surface area (TPSA) is 66.0 Å². The zero-order valence-corrected chi connectivity index (χ0v) is 20.9. The summed E-state index contributed by atoms with van der Waals surface area (Å²) in [5.74, 6) is -1.21. The van der Waals surface area contributed by atoms with Gasteiger partial charge in [0, 0.05) is 25.9 Å². The lowest BCUT2D eigenvalue weighted by atomic mass is 9.68. The van der Waals surface area contributed by atoms with Crippen molar-refractivity contribution >= 4 is 45.2 Å². The van der Waals surface area contributed by atoms with Gasteiger partial charge in [0.2, 0.25) is 0 Å². The van der Waals surface area contributed by atoms with Crippen molar-refractivity contribution in [2.45, 2.75) is 32.1 Å². The second-order valence-electron chi connectivity index (χ2n) is 9.25. The highest BCUT2D eigenvalue weighted by Crippen LogP contribution is 2.51. The van der Waals surface area contributed by atoms with E-state index in [0.29, 0.717) is 0 Å². The zero-order valence-electron chi connectivity index (χ0n) is 20.1. The SMILES string of the molecule is CCC1(CC)c2ccccc2-n2c3ccc(-c4ccc(/C=C(/C#N)C(=O)O)s4)cc3c3cccc1c32. The van der Waals surface area contributed by atoms with Gasteiger partial charge in [-0.15, -0.1) is 11.3 Å². The normalized spacial score (nSPS) is 14.1. The molecule has 1 N–H and O–H groups in total. The average molecular weight is 489 g/mol. The molecule has 0 aliphatic carbocycles. The third kappa shape index (κ3) is 3.01. The Balaban J connectivity index is 1.60. The molecule has 36 heavy (non-hydrogen) atoms. The summed E-state index contributed by atoms with van der Waals surface area (Å²) in [5.41, 5.74) is 7.32. The predicted octanol–water partition coefficient (Wildman–Crippen LogP) is 7.92. The molecule has 0 bridgehead atoms. The highest BCUT2D eigenvalue weighted by Gasteiger charge is 2.39. The van der Waals surface area contributed by atoms with Crippen LogP contribution in [-0.4, -0.2) is 15.6 Å². The van der Waals surface area contributed by atoms with E-state index in [1.165, 1.54) is 56.0 Å². The number of benzene rings is 3. The molecule has 6 rings (SSSR count). The molecular formula is C31H24N2O2S. The number of carboxylic acids is 1. The summed E-state index contributed by atoms with van der Waals surface area (Å²) in [4.78, 5) is 13.0. The van der Waals surface area contributed by atoms with E-state index in [4.69, 9.17) is 5.26 Å². The van der Waals surface area contributed by atoms with E-state index in [0.717, 1.165) is 28.2 Å². The maximum atomic E-state index is 11.2. The van der Waals surface area contributed by atoms with E-state index in [9.17, 15) is 9.90 Å². The summed E-state index contributed by atoms with van der Waals surface area (Å²) in [6.45, 7) is 4.58. The lowest BCUT2D eigenvalue weighted by Gasteiger charge is -2.39. The Kier molecular flexibility index (Phi) is 5.10. The summed E-state index contributed by atoms with van der Waals surface area (Å²) in [5, 5.41) is 20.7. The Morgan fingerprint density at radius 3 is 2.53 bits per heavy atom. The summed E-state index contributed by atoms with van der Waals surface area (Å²) in [6.07, 6.45) is 3.51. The second kappa shape index (κ2) is 8.22. The average Bonchev–Trinajstić information content (AvgIpc) is 3.51. The number of hydrogen-bond donors (Lipinski definition) is 1. The van der Waals surface area contributed by atoms with Crippen LogP contribution < -0.4 is 0 Å². The number of carboxylic acid groups (broad SMARTS) is 1. The fourth-order valence-electron chi connectivity index (χ4n) is 5.96. The fraction of sp³-hybridized carbons (Fsp3) is 0.161. The van der Waals surface area contributed by atoms with Gasteiger partial charge >= 0.3 is 5.97 Å². The molecule has 0 saturated carbocycles. The number of para-hydroxylation sites is 2. The van der Waals surface area contributed by atoms with Crippen LogP contribution in [0.25, 0.3) is 44.0 Å². The van der Waals surface area contributed by atoms with Crippen LogP contribution in [0, 0.1) is 11.3 Å². The van der Waals surface area contributed by atoms with Crippen molar-refractivity contribution in [3.8, 4) is 22.2 Å². The number of hydrogen-bond acceptors (Lipinski definition) is 3. The van der Waals surface area contributed by atoms with Gasteiger partial charge in [0.25, 0.3) is 0 Å². The lowest BCUT2D eigenvalue weighted by Crippen LogP contribution is -2.31. The van der Waals surface area contributed by atoms with Crippen LogP contribution in [0.1, 0.15) is 42.7 Å². The van der Waals surface area contributed by atoms with Crippen LogP contribution in [-0.2, 0) is 10.2 Å². The molecule has 5 heteroatoms. The monoisotopic (exact) mass is 488 g/mol.